The first-order valence-electron chi connectivity index (χ1n) is 7.71. The number of methoxy groups -OCH3 is 1. The highest BCUT2D eigenvalue weighted by Gasteiger charge is 2.20. The Morgan fingerprint density at radius 2 is 1.86 bits per heavy atom. The lowest BCUT2D eigenvalue weighted by molar-refractivity contribution is -0.914. The van der Waals surface area contributed by atoms with Gasteiger partial charge in [-0.15, -0.1) is 0 Å². The predicted molar refractivity (Wildman–Crippen MR) is 93.7 cm³/mol. The van der Waals surface area contributed by atoms with E-state index in [9.17, 15) is 0 Å². The Morgan fingerprint density at radius 3 is 2.59 bits per heavy atom. The van der Waals surface area contributed by atoms with Crippen molar-refractivity contribution in [3.8, 4) is 5.75 Å². The lowest BCUT2D eigenvalue weighted by Crippen LogP contribution is -3.13. The average Bonchev–Trinajstić information content (AvgIpc) is 2.56. The molecule has 1 heterocycles. The van der Waals surface area contributed by atoms with E-state index in [-0.39, 0.29) is 0 Å². The molecular weight excluding hydrogens is 340 g/mol. The van der Waals surface area contributed by atoms with Crippen LogP contribution in [0.4, 0.5) is 5.69 Å². The largest absolute Gasteiger partial charge is 0.497 e. The van der Waals surface area contributed by atoms with E-state index in [0.29, 0.717) is 0 Å². The van der Waals surface area contributed by atoms with Gasteiger partial charge >= 0.3 is 0 Å². The molecule has 0 bridgehead atoms. The van der Waals surface area contributed by atoms with E-state index < -0.39 is 0 Å². The fourth-order valence-corrected chi connectivity index (χ4v) is 3.45. The molecule has 1 N–H and O–H groups in total. The maximum absolute atomic E-state index is 5.32. The van der Waals surface area contributed by atoms with Gasteiger partial charge in [-0.25, -0.2) is 0 Å². The third kappa shape index (κ3) is 3.81. The molecule has 0 radical (unpaired) electrons. The smallest absolute Gasteiger partial charge is 0.120 e. The summed E-state index contributed by atoms with van der Waals surface area (Å²) < 4.78 is 6.49. The summed E-state index contributed by atoms with van der Waals surface area (Å²) in [5.41, 5.74) is 2.67. The Morgan fingerprint density at radius 1 is 1.09 bits per heavy atom. The first kappa shape index (κ1) is 15.4. The molecule has 2 aromatic carbocycles. The first-order valence-corrected chi connectivity index (χ1v) is 8.51. The number of nitrogens with zero attached hydrogens (tertiary/aromatic N) is 1. The van der Waals surface area contributed by atoms with Crippen LogP contribution in [0.2, 0.25) is 0 Å². The number of halogens is 1. The van der Waals surface area contributed by atoms with Crippen molar-refractivity contribution in [2.24, 2.45) is 0 Å². The number of rotatable bonds is 4. The van der Waals surface area contributed by atoms with Gasteiger partial charge in [0.1, 0.15) is 12.3 Å². The van der Waals surface area contributed by atoms with Crippen molar-refractivity contribution in [1.82, 2.24) is 0 Å². The summed E-state index contributed by atoms with van der Waals surface area (Å²) in [7, 11) is 1.72. The SMILES string of the molecule is COc1cccc(N2CC[NH+](Cc3cccc(Br)c3)CC2)c1. The van der Waals surface area contributed by atoms with Crippen LogP contribution < -0.4 is 14.5 Å². The molecule has 0 saturated carbocycles. The molecule has 0 spiro atoms. The summed E-state index contributed by atoms with van der Waals surface area (Å²) in [6, 6.07) is 17.0. The Hall–Kier alpha value is -1.52. The van der Waals surface area contributed by atoms with Gasteiger partial charge in [0.15, 0.2) is 0 Å². The fraction of sp³-hybridized carbons (Fsp3) is 0.333. The third-order valence-electron chi connectivity index (χ3n) is 4.23. The van der Waals surface area contributed by atoms with Crippen LogP contribution in [0.3, 0.4) is 0 Å². The number of hydrogen-bond donors (Lipinski definition) is 1. The van der Waals surface area contributed by atoms with Gasteiger partial charge in [-0.05, 0) is 24.3 Å². The minimum absolute atomic E-state index is 0.932. The Balaban J connectivity index is 1.58. The second kappa shape index (κ2) is 7.16. The van der Waals surface area contributed by atoms with Crippen molar-refractivity contribution in [2.45, 2.75) is 6.54 Å². The van der Waals surface area contributed by atoms with Crippen LogP contribution in [0.15, 0.2) is 53.0 Å². The maximum atomic E-state index is 5.32. The Labute approximate surface area is 140 Å². The second-order valence-electron chi connectivity index (χ2n) is 5.75. The van der Waals surface area contributed by atoms with Crippen LogP contribution in [-0.4, -0.2) is 33.3 Å². The van der Waals surface area contributed by atoms with Gasteiger partial charge in [-0.2, -0.15) is 0 Å². The minimum atomic E-state index is 0.932. The lowest BCUT2D eigenvalue weighted by atomic mass is 10.2. The minimum Gasteiger partial charge on any atom is -0.497 e. The van der Waals surface area contributed by atoms with Crippen LogP contribution in [0.1, 0.15) is 5.56 Å². The molecular formula is C18H22BrN2O+. The second-order valence-corrected chi connectivity index (χ2v) is 6.66. The predicted octanol–water partition coefficient (Wildman–Crippen LogP) is 2.36. The van der Waals surface area contributed by atoms with Gasteiger partial charge in [-0.3, -0.25) is 0 Å². The number of ether oxygens (including phenoxy) is 1. The maximum Gasteiger partial charge on any atom is 0.120 e. The van der Waals surface area contributed by atoms with Gasteiger partial charge < -0.3 is 14.5 Å². The van der Waals surface area contributed by atoms with Gasteiger partial charge in [0, 0.05) is 21.8 Å². The molecule has 0 aromatic heterocycles. The topological polar surface area (TPSA) is 16.9 Å². The zero-order valence-electron chi connectivity index (χ0n) is 12.9. The summed E-state index contributed by atoms with van der Waals surface area (Å²) >= 11 is 3.55. The van der Waals surface area contributed by atoms with Crippen molar-refractivity contribution < 1.29 is 9.64 Å². The van der Waals surface area contributed by atoms with Gasteiger partial charge in [-0.1, -0.05) is 34.1 Å². The summed E-state index contributed by atoms with van der Waals surface area (Å²) in [6.07, 6.45) is 0. The van der Waals surface area contributed by atoms with Crippen molar-refractivity contribution in [2.75, 3.05) is 38.2 Å². The monoisotopic (exact) mass is 361 g/mol. The molecule has 0 aliphatic carbocycles. The number of hydrogen-bond acceptors (Lipinski definition) is 2. The molecule has 1 aliphatic rings. The van der Waals surface area contributed by atoms with Crippen molar-refractivity contribution in [3.05, 3.63) is 58.6 Å². The van der Waals surface area contributed by atoms with E-state index in [0.717, 1.165) is 25.4 Å². The van der Waals surface area contributed by atoms with E-state index in [1.54, 1.807) is 12.0 Å². The molecule has 0 amide bonds. The molecule has 0 unspecified atom stereocenters. The van der Waals surface area contributed by atoms with E-state index >= 15 is 0 Å². The summed E-state index contributed by atoms with van der Waals surface area (Å²) in [6.45, 7) is 5.63. The van der Waals surface area contributed by atoms with E-state index in [1.165, 1.54) is 28.8 Å². The summed E-state index contributed by atoms with van der Waals surface area (Å²) in [5, 5.41) is 0. The normalized spacial score (nSPS) is 15.8. The molecule has 1 saturated heterocycles. The zero-order valence-corrected chi connectivity index (χ0v) is 14.5. The molecule has 3 nitrogen and oxygen atoms in total. The quantitative estimate of drug-likeness (QED) is 0.900. The Kier molecular flexibility index (Phi) is 5.01. The van der Waals surface area contributed by atoms with Crippen LogP contribution in [0.25, 0.3) is 0 Å². The third-order valence-corrected chi connectivity index (χ3v) is 4.73. The number of nitrogens with one attached hydrogen (secondary N) is 1. The van der Waals surface area contributed by atoms with Crippen molar-refractivity contribution in [1.29, 1.82) is 0 Å². The molecule has 116 valence electrons. The number of anilines is 1. The van der Waals surface area contributed by atoms with Gasteiger partial charge in [0.25, 0.3) is 0 Å². The standard InChI is InChI=1S/C18H21BrN2O/c1-22-18-7-3-6-17(13-18)21-10-8-20(9-11-21)14-15-4-2-5-16(19)12-15/h2-7,12-13H,8-11,14H2,1H3/p+1. The van der Waals surface area contributed by atoms with Crippen molar-refractivity contribution >= 4 is 21.6 Å². The first-order chi connectivity index (χ1) is 10.7. The number of quaternary nitrogens is 1. The molecule has 4 heteroatoms. The number of benzene rings is 2. The molecule has 2 aromatic rings. The highest BCUT2D eigenvalue weighted by atomic mass is 79.9. The molecule has 0 atom stereocenters. The highest BCUT2D eigenvalue weighted by Crippen LogP contribution is 2.20. The Bertz CT molecular complexity index is 624. The average molecular weight is 362 g/mol. The van der Waals surface area contributed by atoms with Gasteiger partial charge in [0.05, 0.1) is 33.3 Å². The van der Waals surface area contributed by atoms with Crippen molar-refractivity contribution in [3.63, 3.8) is 0 Å². The molecule has 1 fully saturated rings. The van der Waals surface area contributed by atoms with Crippen LogP contribution in [0.5, 0.6) is 5.75 Å². The van der Waals surface area contributed by atoms with E-state index in [2.05, 4.69) is 63.3 Å². The molecule has 1 aliphatic heterocycles. The highest BCUT2D eigenvalue weighted by molar-refractivity contribution is 9.10. The van der Waals surface area contributed by atoms with Crippen LogP contribution in [0, 0.1) is 0 Å². The van der Waals surface area contributed by atoms with Crippen LogP contribution >= 0.6 is 15.9 Å². The lowest BCUT2D eigenvalue weighted by Gasteiger charge is -2.33. The number of piperazine rings is 1. The molecule has 22 heavy (non-hydrogen) atoms. The van der Waals surface area contributed by atoms with Gasteiger partial charge in [0.2, 0.25) is 0 Å². The van der Waals surface area contributed by atoms with E-state index in [4.69, 9.17) is 4.74 Å². The zero-order chi connectivity index (χ0) is 15.4. The van der Waals surface area contributed by atoms with Crippen LogP contribution in [-0.2, 0) is 6.54 Å². The molecule has 3 rings (SSSR count). The summed E-state index contributed by atoms with van der Waals surface area (Å²) in [4.78, 5) is 4.10. The fourth-order valence-electron chi connectivity index (χ4n) is 3.00. The van der Waals surface area contributed by atoms with E-state index in [1.807, 2.05) is 6.07 Å². The summed E-state index contributed by atoms with van der Waals surface area (Å²) in [5.74, 6) is 0.932.